The molecule has 1 aliphatic heterocycles. The van der Waals surface area contributed by atoms with E-state index in [4.69, 9.17) is 0 Å². The van der Waals surface area contributed by atoms with Crippen molar-refractivity contribution in [1.82, 2.24) is 5.32 Å². The summed E-state index contributed by atoms with van der Waals surface area (Å²) in [7, 11) is 0. The molecule has 0 bridgehead atoms. The van der Waals surface area contributed by atoms with Crippen LogP contribution < -0.4 is 5.32 Å². The van der Waals surface area contributed by atoms with E-state index in [2.05, 4.69) is 37.9 Å². The second-order valence-corrected chi connectivity index (χ2v) is 3.49. The Morgan fingerprint density at radius 1 is 1.50 bits per heavy atom. The van der Waals surface area contributed by atoms with Crippen molar-refractivity contribution in [1.29, 1.82) is 0 Å². The van der Waals surface area contributed by atoms with Gasteiger partial charge in [-0.15, -0.1) is 0 Å². The van der Waals surface area contributed by atoms with E-state index in [-0.39, 0.29) is 0 Å². The molecule has 0 aliphatic carbocycles. The molecule has 0 radical (unpaired) electrons. The zero-order valence-corrected chi connectivity index (χ0v) is 9.09. The van der Waals surface area contributed by atoms with E-state index in [1.165, 1.54) is 17.8 Å². The van der Waals surface area contributed by atoms with Crippen LogP contribution in [0.25, 0.3) is 0 Å². The largest absolute Gasteiger partial charge is 0.362 e. The molecule has 1 fully saturated rings. The zero-order chi connectivity index (χ0) is 10.4. The number of hydrogen-bond donors (Lipinski definition) is 1. The lowest BCUT2D eigenvalue weighted by molar-refractivity contribution is 0.628. The third kappa shape index (κ3) is 2.63. The van der Waals surface area contributed by atoms with Gasteiger partial charge in [0.1, 0.15) is 0 Å². The van der Waals surface area contributed by atoms with Crippen LogP contribution in [0.15, 0.2) is 48.4 Å². The van der Waals surface area contributed by atoms with Gasteiger partial charge >= 0.3 is 0 Å². The Balaban J connectivity index is 2.66. The maximum atomic E-state index is 3.64. The molecule has 1 unspecified atom stereocenters. The summed E-state index contributed by atoms with van der Waals surface area (Å²) < 4.78 is 0. The van der Waals surface area contributed by atoms with Gasteiger partial charge in [-0.2, -0.15) is 0 Å². The molecule has 1 nitrogen and oxygen atoms in total. The first-order valence-corrected chi connectivity index (χ1v) is 5.23. The van der Waals surface area contributed by atoms with Gasteiger partial charge in [-0.1, -0.05) is 37.8 Å². The van der Waals surface area contributed by atoms with Gasteiger partial charge in [-0.3, -0.25) is 0 Å². The molecular weight excluding hydrogens is 170 g/mol. The topological polar surface area (TPSA) is 12.0 Å². The van der Waals surface area contributed by atoms with Gasteiger partial charge in [0.05, 0.1) is 0 Å². The summed E-state index contributed by atoms with van der Waals surface area (Å²) in [6, 6.07) is 0. The molecule has 76 valence electrons. The molecule has 1 heterocycles. The SMILES string of the molecule is C=C/C=C\C=C1\CC(CC)/C(=C/C)N1. The molecule has 1 N–H and O–H groups in total. The Morgan fingerprint density at radius 3 is 2.79 bits per heavy atom. The van der Waals surface area contributed by atoms with Crippen LogP contribution in [0.1, 0.15) is 26.7 Å². The number of nitrogens with one attached hydrogen (secondary N) is 1. The van der Waals surface area contributed by atoms with Crippen LogP contribution in [-0.2, 0) is 0 Å². The third-order valence-corrected chi connectivity index (χ3v) is 2.56. The highest BCUT2D eigenvalue weighted by Gasteiger charge is 2.20. The quantitative estimate of drug-likeness (QED) is 0.670. The first-order valence-electron chi connectivity index (χ1n) is 5.23. The van der Waals surface area contributed by atoms with Crippen molar-refractivity contribution in [2.75, 3.05) is 0 Å². The Hall–Kier alpha value is -1.24. The smallest absolute Gasteiger partial charge is 0.0155 e. The fraction of sp³-hybridized carbons (Fsp3) is 0.385. The normalized spacial score (nSPS) is 27.4. The lowest BCUT2D eigenvalue weighted by Crippen LogP contribution is -2.05. The zero-order valence-electron chi connectivity index (χ0n) is 9.09. The van der Waals surface area contributed by atoms with Crippen molar-refractivity contribution in [3.05, 3.63) is 48.4 Å². The Kier molecular flexibility index (Phi) is 4.24. The molecule has 0 spiro atoms. The second kappa shape index (κ2) is 5.48. The molecule has 1 atom stereocenters. The molecule has 1 heteroatoms. The van der Waals surface area contributed by atoms with Crippen molar-refractivity contribution in [2.45, 2.75) is 26.7 Å². The minimum absolute atomic E-state index is 0.684. The van der Waals surface area contributed by atoms with Crippen LogP contribution >= 0.6 is 0 Å². The molecular formula is C13H19N. The average Bonchev–Trinajstić information content (AvgIpc) is 2.61. The minimum Gasteiger partial charge on any atom is -0.362 e. The van der Waals surface area contributed by atoms with E-state index in [0.29, 0.717) is 5.92 Å². The molecule has 0 saturated carbocycles. The molecule has 0 aromatic carbocycles. The summed E-state index contributed by atoms with van der Waals surface area (Å²) in [5.41, 5.74) is 2.67. The predicted octanol–water partition coefficient (Wildman–Crippen LogP) is 3.54. The maximum Gasteiger partial charge on any atom is 0.0155 e. The first kappa shape index (κ1) is 10.8. The standard InChI is InChI=1S/C13H19N/c1-4-7-8-9-12-10-11(5-2)13(6-3)14-12/h4,6-9,11,14H,1,5,10H2,2-3H3/b8-7-,12-9-,13-6-. The van der Waals surface area contributed by atoms with Gasteiger partial charge in [-0.05, 0) is 25.8 Å². The minimum atomic E-state index is 0.684. The maximum absolute atomic E-state index is 3.64. The van der Waals surface area contributed by atoms with Crippen LogP contribution in [0.2, 0.25) is 0 Å². The highest BCUT2D eigenvalue weighted by molar-refractivity contribution is 5.26. The lowest BCUT2D eigenvalue weighted by atomic mass is 10.0. The van der Waals surface area contributed by atoms with Crippen LogP contribution in [0, 0.1) is 5.92 Å². The van der Waals surface area contributed by atoms with E-state index < -0.39 is 0 Å². The van der Waals surface area contributed by atoms with E-state index in [9.17, 15) is 0 Å². The average molecular weight is 189 g/mol. The van der Waals surface area contributed by atoms with Crippen LogP contribution in [0.3, 0.4) is 0 Å². The van der Waals surface area contributed by atoms with E-state index in [1.807, 2.05) is 12.2 Å². The van der Waals surface area contributed by atoms with E-state index in [0.717, 1.165) is 6.42 Å². The number of allylic oxidation sites excluding steroid dienone is 7. The molecule has 0 aromatic heterocycles. The molecule has 1 rings (SSSR count). The second-order valence-electron chi connectivity index (χ2n) is 3.49. The summed E-state index contributed by atoms with van der Waals surface area (Å²) in [4.78, 5) is 0. The fourth-order valence-electron chi connectivity index (χ4n) is 1.75. The summed E-state index contributed by atoms with van der Waals surface area (Å²) in [6.45, 7) is 7.96. The van der Waals surface area contributed by atoms with Gasteiger partial charge in [0, 0.05) is 17.3 Å². The Morgan fingerprint density at radius 2 is 2.29 bits per heavy atom. The number of hydrogen-bond acceptors (Lipinski definition) is 1. The molecule has 1 aliphatic rings. The summed E-state index contributed by atoms with van der Waals surface area (Å²) in [5, 5.41) is 3.44. The predicted molar refractivity (Wildman–Crippen MR) is 62.7 cm³/mol. The van der Waals surface area contributed by atoms with Gasteiger partial charge in [0.25, 0.3) is 0 Å². The summed E-state index contributed by atoms with van der Waals surface area (Å²) >= 11 is 0. The third-order valence-electron chi connectivity index (χ3n) is 2.56. The van der Waals surface area contributed by atoms with Crippen molar-refractivity contribution >= 4 is 0 Å². The van der Waals surface area contributed by atoms with Gasteiger partial charge in [0.15, 0.2) is 0 Å². The molecule has 1 saturated heterocycles. The highest BCUT2D eigenvalue weighted by atomic mass is 14.9. The van der Waals surface area contributed by atoms with Crippen LogP contribution in [0.5, 0.6) is 0 Å². The van der Waals surface area contributed by atoms with Crippen molar-refractivity contribution in [3.8, 4) is 0 Å². The van der Waals surface area contributed by atoms with Crippen LogP contribution in [-0.4, -0.2) is 0 Å². The molecule has 0 amide bonds. The Bertz CT molecular complexity index is 282. The van der Waals surface area contributed by atoms with E-state index in [1.54, 1.807) is 6.08 Å². The van der Waals surface area contributed by atoms with Crippen LogP contribution in [0.4, 0.5) is 0 Å². The highest BCUT2D eigenvalue weighted by Crippen LogP contribution is 2.28. The fourth-order valence-corrected chi connectivity index (χ4v) is 1.75. The van der Waals surface area contributed by atoms with Gasteiger partial charge in [-0.25, -0.2) is 0 Å². The molecule has 14 heavy (non-hydrogen) atoms. The number of rotatable bonds is 3. The molecule has 0 aromatic rings. The lowest BCUT2D eigenvalue weighted by Gasteiger charge is -2.05. The van der Waals surface area contributed by atoms with E-state index >= 15 is 0 Å². The Labute approximate surface area is 86.9 Å². The van der Waals surface area contributed by atoms with Crippen molar-refractivity contribution < 1.29 is 0 Å². The van der Waals surface area contributed by atoms with Gasteiger partial charge in [0.2, 0.25) is 0 Å². The summed E-state index contributed by atoms with van der Waals surface area (Å²) in [6.07, 6.45) is 12.4. The summed E-state index contributed by atoms with van der Waals surface area (Å²) in [5.74, 6) is 0.684. The van der Waals surface area contributed by atoms with Gasteiger partial charge < -0.3 is 5.32 Å². The van der Waals surface area contributed by atoms with Crippen molar-refractivity contribution in [3.63, 3.8) is 0 Å². The monoisotopic (exact) mass is 189 g/mol. The first-order chi connectivity index (χ1) is 6.81. The van der Waals surface area contributed by atoms with Crippen molar-refractivity contribution in [2.24, 2.45) is 5.92 Å².